The smallest absolute Gasteiger partial charge is 0.367 e. The van der Waals surface area contributed by atoms with Gasteiger partial charge in [0.1, 0.15) is 0 Å². The second kappa shape index (κ2) is 6.77. The SMILES string of the molecule is C#CP(=O)(Nc1ccc(C(=O)O)cc1)OC(C)(C)CCO. The summed E-state index contributed by atoms with van der Waals surface area (Å²) < 4.78 is 17.9. The average molecular weight is 311 g/mol. The highest BCUT2D eigenvalue weighted by Gasteiger charge is 2.30. The number of anilines is 1. The van der Waals surface area contributed by atoms with Crippen molar-refractivity contribution < 1.29 is 24.1 Å². The molecule has 114 valence electrons. The van der Waals surface area contributed by atoms with E-state index in [2.05, 4.69) is 10.7 Å². The first kappa shape index (κ1) is 17.3. The van der Waals surface area contributed by atoms with Crippen LogP contribution in [0.1, 0.15) is 30.6 Å². The summed E-state index contributed by atoms with van der Waals surface area (Å²) in [6, 6.07) is 5.64. The van der Waals surface area contributed by atoms with Gasteiger partial charge in [0, 0.05) is 18.0 Å². The molecular weight excluding hydrogens is 293 g/mol. The largest absolute Gasteiger partial charge is 0.478 e. The molecular formula is C14H18NO5P. The maximum absolute atomic E-state index is 12.5. The first-order valence-electron chi connectivity index (χ1n) is 6.22. The van der Waals surface area contributed by atoms with E-state index in [-0.39, 0.29) is 18.6 Å². The zero-order valence-corrected chi connectivity index (χ0v) is 12.8. The van der Waals surface area contributed by atoms with E-state index in [0.717, 1.165) is 0 Å². The Bertz CT molecular complexity index is 588. The second-order valence-corrected chi connectivity index (χ2v) is 6.77. The van der Waals surface area contributed by atoms with Gasteiger partial charge >= 0.3 is 13.5 Å². The first-order chi connectivity index (χ1) is 9.71. The summed E-state index contributed by atoms with van der Waals surface area (Å²) in [5.74, 6) is -1.05. The van der Waals surface area contributed by atoms with E-state index >= 15 is 0 Å². The minimum absolute atomic E-state index is 0.109. The van der Waals surface area contributed by atoms with Crippen LogP contribution >= 0.6 is 7.52 Å². The lowest BCUT2D eigenvalue weighted by Crippen LogP contribution is -2.25. The molecule has 0 amide bonds. The van der Waals surface area contributed by atoms with Crippen molar-refractivity contribution in [1.29, 1.82) is 0 Å². The number of nitrogens with one attached hydrogen (secondary N) is 1. The van der Waals surface area contributed by atoms with Gasteiger partial charge in [-0.3, -0.25) is 9.09 Å². The van der Waals surface area contributed by atoms with Gasteiger partial charge < -0.3 is 15.3 Å². The first-order valence-corrected chi connectivity index (χ1v) is 7.85. The molecule has 1 aromatic rings. The molecule has 0 aromatic heterocycles. The van der Waals surface area contributed by atoms with Crippen LogP contribution < -0.4 is 5.09 Å². The van der Waals surface area contributed by atoms with Crippen LogP contribution in [0.2, 0.25) is 0 Å². The van der Waals surface area contributed by atoms with E-state index in [4.69, 9.17) is 21.2 Å². The van der Waals surface area contributed by atoms with Crippen molar-refractivity contribution in [1.82, 2.24) is 0 Å². The maximum atomic E-state index is 12.5. The quantitative estimate of drug-likeness (QED) is 0.529. The molecule has 21 heavy (non-hydrogen) atoms. The number of rotatable bonds is 7. The highest BCUT2D eigenvalue weighted by molar-refractivity contribution is 7.65. The van der Waals surface area contributed by atoms with Gasteiger partial charge in [-0.2, -0.15) is 0 Å². The number of terminal acetylenes is 1. The summed E-state index contributed by atoms with van der Waals surface area (Å²) >= 11 is 0. The van der Waals surface area contributed by atoms with Gasteiger partial charge in [-0.25, -0.2) is 4.79 Å². The third-order valence-electron chi connectivity index (χ3n) is 2.67. The Morgan fingerprint density at radius 1 is 1.43 bits per heavy atom. The number of aromatic carboxylic acids is 1. The van der Waals surface area contributed by atoms with Crippen LogP contribution in [-0.2, 0) is 9.09 Å². The summed E-state index contributed by atoms with van der Waals surface area (Å²) in [6.07, 6.45) is 5.56. The molecule has 0 spiro atoms. The molecule has 1 aromatic carbocycles. The van der Waals surface area contributed by atoms with Crippen molar-refractivity contribution in [2.75, 3.05) is 11.7 Å². The van der Waals surface area contributed by atoms with Gasteiger partial charge in [-0.05, 0) is 44.5 Å². The average Bonchev–Trinajstić information content (AvgIpc) is 2.38. The zero-order valence-electron chi connectivity index (χ0n) is 11.9. The van der Waals surface area contributed by atoms with Crippen LogP contribution in [0.25, 0.3) is 0 Å². The fraction of sp³-hybridized carbons (Fsp3) is 0.357. The molecule has 0 aliphatic carbocycles. The molecule has 0 bridgehead atoms. The molecule has 3 N–H and O–H groups in total. The van der Waals surface area contributed by atoms with E-state index in [9.17, 15) is 9.36 Å². The van der Waals surface area contributed by atoms with Crippen molar-refractivity contribution in [2.45, 2.75) is 25.9 Å². The minimum atomic E-state index is -3.59. The second-order valence-electron chi connectivity index (χ2n) is 5.00. The monoisotopic (exact) mass is 311 g/mol. The van der Waals surface area contributed by atoms with Crippen molar-refractivity contribution in [3.05, 3.63) is 29.8 Å². The van der Waals surface area contributed by atoms with Crippen molar-refractivity contribution in [3.8, 4) is 12.1 Å². The number of carboxylic acid groups (broad SMARTS) is 1. The Morgan fingerprint density at radius 3 is 2.43 bits per heavy atom. The summed E-state index contributed by atoms with van der Waals surface area (Å²) in [4.78, 5) is 10.8. The maximum Gasteiger partial charge on any atom is 0.367 e. The Morgan fingerprint density at radius 2 is 2.00 bits per heavy atom. The lowest BCUT2D eigenvalue weighted by atomic mass is 10.1. The molecule has 6 nitrogen and oxygen atoms in total. The third kappa shape index (κ3) is 5.24. The van der Waals surface area contributed by atoms with Crippen LogP contribution in [0.15, 0.2) is 24.3 Å². The van der Waals surface area contributed by atoms with E-state index in [0.29, 0.717) is 5.69 Å². The third-order valence-corrected chi connectivity index (χ3v) is 4.31. The highest BCUT2D eigenvalue weighted by Crippen LogP contribution is 2.49. The lowest BCUT2D eigenvalue weighted by Gasteiger charge is -2.28. The van der Waals surface area contributed by atoms with Gasteiger partial charge in [0.15, 0.2) is 0 Å². The van der Waals surface area contributed by atoms with Crippen LogP contribution in [0.4, 0.5) is 5.69 Å². The fourth-order valence-electron chi connectivity index (χ4n) is 1.60. The van der Waals surface area contributed by atoms with Crippen LogP contribution in [0, 0.1) is 12.1 Å². The number of benzene rings is 1. The number of carbonyl (C=O) groups is 1. The molecule has 0 heterocycles. The topological polar surface area (TPSA) is 95.9 Å². The number of aliphatic hydroxyl groups excluding tert-OH is 1. The lowest BCUT2D eigenvalue weighted by molar-refractivity contribution is 0.0696. The minimum Gasteiger partial charge on any atom is -0.478 e. The molecule has 0 saturated heterocycles. The molecule has 0 saturated carbocycles. The van der Waals surface area contributed by atoms with Crippen molar-refractivity contribution in [2.24, 2.45) is 0 Å². The summed E-state index contributed by atoms with van der Waals surface area (Å²) in [5.41, 5.74) is 1.75. The number of aliphatic hydroxyl groups is 1. The predicted octanol–water partition coefficient (Wildman–Crippen LogP) is 2.76. The van der Waals surface area contributed by atoms with Gasteiger partial charge in [-0.15, -0.1) is 6.42 Å². The normalized spacial score (nSPS) is 14.0. The molecule has 0 fully saturated rings. The molecule has 1 atom stereocenters. The van der Waals surface area contributed by atoms with Gasteiger partial charge in [0.05, 0.1) is 11.2 Å². The van der Waals surface area contributed by atoms with Crippen molar-refractivity contribution in [3.63, 3.8) is 0 Å². The standard InChI is InChI=1S/C14H18NO5P/c1-4-21(19,20-14(2,3)9-10-16)15-12-7-5-11(6-8-12)13(17)18/h1,5-8,16H,9-10H2,2-3H3,(H,15,19)(H,17,18). The number of carboxylic acids is 1. The van der Waals surface area contributed by atoms with Gasteiger partial charge in [-0.1, -0.05) is 0 Å². The highest BCUT2D eigenvalue weighted by atomic mass is 31.2. The predicted molar refractivity (Wildman–Crippen MR) is 80.3 cm³/mol. The summed E-state index contributed by atoms with van der Waals surface area (Å²) in [7, 11) is -3.59. The number of hydrogen-bond acceptors (Lipinski definition) is 4. The van der Waals surface area contributed by atoms with Crippen LogP contribution in [-0.4, -0.2) is 28.4 Å². The Balaban J connectivity index is 2.88. The van der Waals surface area contributed by atoms with Crippen LogP contribution in [0.5, 0.6) is 0 Å². The fourth-order valence-corrected chi connectivity index (χ4v) is 3.04. The molecule has 1 unspecified atom stereocenters. The summed E-state index contributed by atoms with van der Waals surface area (Å²) in [5, 5.41) is 20.4. The Labute approximate surface area is 123 Å². The number of hydrogen-bond donors (Lipinski definition) is 3. The molecule has 0 aliphatic heterocycles. The zero-order chi connectivity index (χ0) is 16.1. The van der Waals surface area contributed by atoms with E-state index in [1.54, 1.807) is 13.8 Å². The molecule has 7 heteroatoms. The molecule has 0 radical (unpaired) electrons. The van der Waals surface area contributed by atoms with Gasteiger partial charge in [0.2, 0.25) is 0 Å². The van der Waals surface area contributed by atoms with Gasteiger partial charge in [0.25, 0.3) is 0 Å². The van der Waals surface area contributed by atoms with E-state index in [1.807, 2.05) is 0 Å². The van der Waals surface area contributed by atoms with Crippen LogP contribution in [0.3, 0.4) is 0 Å². The molecule has 0 aliphatic rings. The Hall–Kier alpha value is -1.80. The summed E-state index contributed by atoms with van der Waals surface area (Å²) in [6.45, 7) is 3.22. The molecule has 1 rings (SSSR count). The van der Waals surface area contributed by atoms with E-state index < -0.39 is 19.1 Å². The van der Waals surface area contributed by atoms with E-state index in [1.165, 1.54) is 24.3 Å². The van der Waals surface area contributed by atoms with Crippen molar-refractivity contribution >= 4 is 19.2 Å². The Kier molecular flexibility index (Phi) is 5.56.